The Labute approximate surface area is 76.7 Å². The largest absolute Gasteiger partial charge is 0.491 e. The molecule has 1 radical (unpaired) electrons. The summed E-state index contributed by atoms with van der Waals surface area (Å²) in [4.78, 5) is 0. The van der Waals surface area contributed by atoms with Gasteiger partial charge in [0.25, 0.3) is 0 Å². The molecule has 65 valence electrons. The van der Waals surface area contributed by atoms with E-state index in [1.54, 1.807) is 6.07 Å². The lowest BCUT2D eigenvalue weighted by molar-refractivity contribution is 0.242. The van der Waals surface area contributed by atoms with E-state index in [0.717, 1.165) is 0 Å². The summed E-state index contributed by atoms with van der Waals surface area (Å²) in [6.45, 7) is 3.83. The molecule has 0 saturated carbocycles. The molecular weight excluding hydrogens is 176 g/mol. The van der Waals surface area contributed by atoms with Gasteiger partial charge in [-0.15, -0.1) is 0 Å². The van der Waals surface area contributed by atoms with Crippen LogP contribution in [0.3, 0.4) is 0 Å². The Hall–Kier alpha value is -0.890. The molecule has 0 aliphatic carbocycles. The van der Waals surface area contributed by atoms with E-state index < -0.39 is 0 Å². The van der Waals surface area contributed by atoms with Crippen molar-refractivity contribution >= 4 is 11.6 Å². The Bertz CT molecular complexity index is 271. The quantitative estimate of drug-likeness (QED) is 0.695. The Morgan fingerprint density at radius 3 is 2.58 bits per heavy atom. The highest BCUT2D eigenvalue weighted by atomic mass is 35.5. The van der Waals surface area contributed by atoms with Crippen LogP contribution in [-0.2, 0) is 5.11 Å². The summed E-state index contributed by atoms with van der Waals surface area (Å²) in [6.07, 6.45) is 0.0959. The first-order valence-electron chi connectivity index (χ1n) is 3.73. The minimum atomic E-state index is -0.173. The molecule has 12 heavy (non-hydrogen) atoms. The van der Waals surface area contributed by atoms with Crippen LogP contribution in [0.15, 0.2) is 18.2 Å². The van der Waals surface area contributed by atoms with Crippen LogP contribution in [0.5, 0.6) is 11.5 Å². The van der Waals surface area contributed by atoms with Crippen molar-refractivity contribution in [3.63, 3.8) is 0 Å². The van der Waals surface area contributed by atoms with Gasteiger partial charge in [-0.05, 0) is 26.0 Å². The molecule has 0 N–H and O–H groups in total. The second-order valence-corrected chi connectivity index (χ2v) is 3.17. The first-order chi connectivity index (χ1) is 5.59. The van der Waals surface area contributed by atoms with Crippen LogP contribution in [0, 0.1) is 0 Å². The summed E-state index contributed by atoms with van der Waals surface area (Å²) in [5.74, 6) is 0.461. The van der Waals surface area contributed by atoms with E-state index in [2.05, 4.69) is 0 Å². The summed E-state index contributed by atoms with van der Waals surface area (Å²) in [5.41, 5.74) is 0. The fourth-order valence-electron chi connectivity index (χ4n) is 0.827. The molecule has 1 aromatic carbocycles. The summed E-state index contributed by atoms with van der Waals surface area (Å²) in [6, 6.07) is 4.55. The minimum absolute atomic E-state index is 0.0959. The predicted octanol–water partition coefficient (Wildman–Crippen LogP) is 3.27. The van der Waals surface area contributed by atoms with Crippen LogP contribution in [0.2, 0.25) is 5.02 Å². The SMILES string of the molecule is CC(C)Oc1ccc([O])c(Cl)c1. The lowest BCUT2D eigenvalue weighted by atomic mass is 10.3. The van der Waals surface area contributed by atoms with Crippen molar-refractivity contribution < 1.29 is 9.84 Å². The van der Waals surface area contributed by atoms with Gasteiger partial charge >= 0.3 is 0 Å². The van der Waals surface area contributed by atoms with E-state index >= 15 is 0 Å². The van der Waals surface area contributed by atoms with E-state index in [4.69, 9.17) is 16.3 Å². The number of ether oxygens (including phenoxy) is 1. The number of hydrogen-bond acceptors (Lipinski definition) is 1. The molecule has 0 amide bonds. The van der Waals surface area contributed by atoms with Crippen LogP contribution >= 0.6 is 11.6 Å². The highest BCUT2D eigenvalue weighted by molar-refractivity contribution is 6.32. The molecule has 2 nitrogen and oxygen atoms in total. The lowest BCUT2D eigenvalue weighted by Crippen LogP contribution is -2.05. The Morgan fingerprint density at radius 2 is 2.08 bits per heavy atom. The highest BCUT2D eigenvalue weighted by Gasteiger charge is 2.03. The number of hydrogen-bond donors (Lipinski definition) is 0. The van der Waals surface area contributed by atoms with Gasteiger partial charge < -0.3 is 4.74 Å². The molecule has 3 heteroatoms. The molecule has 0 aliphatic heterocycles. The van der Waals surface area contributed by atoms with Gasteiger partial charge in [0.05, 0.1) is 11.1 Å². The normalized spacial score (nSPS) is 10.3. The molecule has 0 unspecified atom stereocenters. The average Bonchev–Trinajstić information content (AvgIpc) is 1.96. The first-order valence-corrected chi connectivity index (χ1v) is 4.10. The van der Waals surface area contributed by atoms with Gasteiger partial charge in [0.15, 0.2) is 5.75 Å². The van der Waals surface area contributed by atoms with Crippen LogP contribution < -0.4 is 4.74 Å². The van der Waals surface area contributed by atoms with Gasteiger partial charge in [-0.1, -0.05) is 11.6 Å². The van der Waals surface area contributed by atoms with Gasteiger partial charge in [-0.25, -0.2) is 0 Å². The van der Waals surface area contributed by atoms with Crippen molar-refractivity contribution in [2.75, 3.05) is 0 Å². The van der Waals surface area contributed by atoms with Crippen molar-refractivity contribution in [3.05, 3.63) is 23.2 Å². The highest BCUT2D eigenvalue weighted by Crippen LogP contribution is 2.28. The van der Waals surface area contributed by atoms with Crippen molar-refractivity contribution in [1.82, 2.24) is 0 Å². The Kier molecular flexibility index (Phi) is 2.82. The topological polar surface area (TPSA) is 29.1 Å². The maximum absolute atomic E-state index is 10.9. The third kappa shape index (κ3) is 2.31. The molecule has 0 fully saturated rings. The smallest absolute Gasteiger partial charge is 0.197 e. The van der Waals surface area contributed by atoms with Crippen molar-refractivity contribution in [2.24, 2.45) is 0 Å². The lowest BCUT2D eigenvalue weighted by Gasteiger charge is -2.09. The first kappa shape index (κ1) is 9.20. The molecule has 0 aliphatic rings. The van der Waals surface area contributed by atoms with Crippen LogP contribution in [0.4, 0.5) is 0 Å². The maximum Gasteiger partial charge on any atom is 0.197 e. The Morgan fingerprint density at radius 1 is 1.42 bits per heavy atom. The van der Waals surface area contributed by atoms with E-state index in [0.29, 0.717) is 5.75 Å². The third-order valence-corrected chi connectivity index (χ3v) is 1.57. The predicted molar refractivity (Wildman–Crippen MR) is 47.3 cm³/mol. The molecule has 1 rings (SSSR count). The Balaban J connectivity index is 2.82. The summed E-state index contributed by atoms with van der Waals surface area (Å²) >= 11 is 5.60. The van der Waals surface area contributed by atoms with Gasteiger partial charge in [0, 0.05) is 6.07 Å². The molecule has 0 spiro atoms. The molecule has 0 heterocycles. The van der Waals surface area contributed by atoms with E-state index in [1.165, 1.54) is 12.1 Å². The van der Waals surface area contributed by atoms with Crippen LogP contribution in [0.1, 0.15) is 13.8 Å². The van der Waals surface area contributed by atoms with E-state index in [9.17, 15) is 5.11 Å². The summed E-state index contributed by atoms with van der Waals surface area (Å²) in [7, 11) is 0. The fourth-order valence-corrected chi connectivity index (χ4v) is 0.998. The number of rotatable bonds is 2. The maximum atomic E-state index is 10.9. The van der Waals surface area contributed by atoms with Gasteiger partial charge in [-0.3, -0.25) is 5.11 Å². The molecule has 0 atom stereocenters. The van der Waals surface area contributed by atoms with E-state index in [-0.39, 0.29) is 16.9 Å². The zero-order valence-electron chi connectivity index (χ0n) is 7.00. The standard InChI is InChI=1S/C9H10ClO2/c1-6(2)12-7-3-4-9(11)8(10)5-7/h3-6H,1-2H3. The number of benzene rings is 1. The zero-order valence-corrected chi connectivity index (χ0v) is 7.76. The second kappa shape index (κ2) is 3.68. The molecule has 0 bridgehead atoms. The summed E-state index contributed by atoms with van der Waals surface area (Å²) < 4.78 is 5.33. The summed E-state index contributed by atoms with van der Waals surface area (Å²) in [5, 5.41) is 11.1. The van der Waals surface area contributed by atoms with Crippen LogP contribution in [-0.4, -0.2) is 6.10 Å². The third-order valence-electron chi connectivity index (χ3n) is 1.28. The molecule has 0 aromatic heterocycles. The average molecular weight is 186 g/mol. The molecule has 0 saturated heterocycles. The van der Waals surface area contributed by atoms with Crippen LogP contribution in [0.25, 0.3) is 0 Å². The minimum Gasteiger partial charge on any atom is -0.491 e. The van der Waals surface area contributed by atoms with Gasteiger partial charge in [0.2, 0.25) is 0 Å². The molecule has 1 aromatic rings. The van der Waals surface area contributed by atoms with Crippen molar-refractivity contribution in [1.29, 1.82) is 0 Å². The zero-order chi connectivity index (χ0) is 9.14. The van der Waals surface area contributed by atoms with Crippen molar-refractivity contribution in [3.8, 4) is 11.5 Å². The van der Waals surface area contributed by atoms with E-state index in [1.807, 2.05) is 13.8 Å². The number of halogens is 1. The monoisotopic (exact) mass is 185 g/mol. The second-order valence-electron chi connectivity index (χ2n) is 2.76. The van der Waals surface area contributed by atoms with Gasteiger partial charge in [-0.2, -0.15) is 0 Å². The fraction of sp³-hybridized carbons (Fsp3) is 0.333. The van der Waals surface area contributed by atoms with Gasteiger partial charge in [0.1, 0.15) is 5.75 Å². The molecular formula is C9H10ClO2. The van der Waals surface area contributed by atoms with Crippen molar-refractivity contribution in [2.45, 2.75) is 20.0 Å².